The zero-order valence-corrected chi connectivity index (χ0v) is 16.9. The zero-order chi connectivity index (χ0) is 21.6. The second kappa shape index (κ2) is 9.38. The number of anilines is 3. The van der Waals surface area contributed by atoms with Gasteiger partial charge in [0.2, 0.25) is 11.6 Å². The first kappa shape index (κ1) is 20.5. The molecule has 1 aliphatic heterocycles. The quantitative estimate of drug-likeness (QED) is 0.461. The van der Waals surface area contributed by atoms with Gasteiger partial charge in [0.05, 0.1) is 10.6 Å². The van der Waals surface area contributed by atoms with Gasteiger partial charge < -0.3 is 15.1 Å². The molecule has 1 saturated heterocycles. The Labute approximate surface area is 179 Å². The van der Waals surface area contributed by atoms with Gasteiger partial charge in [-0.25, -0.2) is 14.4 Å². The van der Waals surface area contributed by atoms with Gasteiger partial charge >= 0.3 is 5.69 Å². The third kappa shape index (κ3) is 4.71. The summed E-state index contributed by atoms with van der Waals surface area (Å²) in [6.45, 7) is 2.59. The minimum absolute atomic E-state index is 0.130. The maximum absolute atomic E-state index is 14.1. The third-order valence-corrected chi connectivity index (χ3v) is 5.31. The summed E-state index contributed by atoms with van der Waals surface area (Å²) in [6, 6.07) is 16.5. The molecule has 3 aromatic rings. The van der Waals surface area contributed by atoms with Crippen LogP contribution in [0.4, 0.5) is 27.4 Å². The fourth-order valence-corrected chi connectivity index (χ4v) is 3.74. The van der Waals surface area contributed by atoms with Crippen LogP contribution in [0.1, 0.15) is 5.56 Å². The van der Waals surface area contributed by atoms with Crippen LogP contribution in [0, 0.1) is 15.9 Å². The van der Waals surface area contributed by atoms with Crippen LogP contribution < -0.4 is 15.1 Å². The highest BCUT2D eigenvalue weighted by Crippen LogP contribution is 2.33. The molecule has 0 unspecified atom stereocenters. The van der Waals surface area contributed by atoms with E-state index in [9.17, 15) is 14.5 Å². The number of piperazine rings is 1. The minimum atomic E-state index is -0.441. The molecule has 1 aliphatic rings. The van der Waals surface area contributed by atoms with E-state index >= 15 is 0 Å². The maximum Gasteiger partial charge on any atom is 0.353 e. The Morgan fingerprint density at radius 1 is 0.968 bits per heavy atom. The van der Waals surface area contributed by atoms with Gasteiger partial charge in [0.25, 0.3) is 0 Å². The average molecular weight is 422 g/mol. The molecule has 4 rings (SSSR count). The molecule has 2 heterocycles. The van der Waals surface area contributed by atoms with Crippen molar-refractivity contribution in [2.75, 3.05) is 47.8 Å². The molecule has 0 bridgehead atoms. The predicted molar refractivity (Wildman–Crippen MR) is 118 cm³/mol. The van der Waals surface area contributed by atoms with Crippen LogP contribution in [0.2, 0.25) is 0 Å². The number of hydrogen-bond donors (Lipinski definition) is 1. The Morgan fingerprint density at radius 3 is 2.35 bits per heavy atom. The Kier molecular flexibility index (Phi) is 6.21. The zero-order valence-electron chi connectivity index (χ0n) is 16.9. The summed E-state index contributed by atoms with van der Waals surface area (Å²) in [5, 5.41) is 14.9. The normalized spacial score (nSPS) is 13.8. The summed E-state index contributed by atoms with van der Waals surface area (Å²) in [6.07, 6.45) is 2.06. The molecule has 160 valence electrons. The first-order valence-corrected chi connectivity index (χ1v) is 10.1. The molecule has 2 aromatic carbocycles. The van der Waals surface area contributed by atoms with Gasteiger partial charge in [-0.05, 0) is 24.1 Å². The van der Waals surface area contributed by atoms with Crippen molar-refractivity contribution in [3.63, 3.8) is 0 Å². The first-order valence-electron chi connectivity index (χ1n) is 10.1. The summed E-state index contributed by atoms with van der Waals surface area (Å²) in [7, 11) is 0. The van der Waals surface area contributed by atoms with Crippen molar-refractivity contribution in [1.29, 1.82) is 0 Å². The molecule has 0 amide bonds. The molecule has 31 heavy (non-hydrogen) atoms. The van der Waals surface area contributed by atoms with Gasteiger partial charge in [-0.3, -0.25) is 10.1 Å². The van der Waals surface area contributed by atoms with E-state index < -0.39 is 4.92 Å². The second-order valence-corrected chi connectivity index (χ2v) is 7.24. The molecule has 1 N–H and O–H groups in total. The molecule has 8 nitrogen and oxygen atoms in total. The molecular formula is C22H23FN6O2. The lowest BCUT2D eigenvalue weighted by molar-refractivity contribution is -0.383. The van der Waals surface area contributed by atoms with Crippen LogP contribution >= 0.6 is 0 Å². The number of halogens is 1. The van der Waals surface area contributed by atoms with E-state index in [1.54, 1.807) is 18.2 Å². The Morgan fingerprint density at radius 2 is 1.65 bits per heavy atom. The lowest BCUT2D eigenvalue weighted by atomic mass is 10.1. The Balaban J connectivity index is 1.46. The molecule has 0 spiro atoms. The smallest absolute Gasteiger partial charge is 0.353 e. The van der Waals surface area contributed by atoms with Crippen molar-refractivity contribution < 1.29 is 9.31 Å². The van der Waals surface area contributed by atoms with Crippen LogP contribution in [0.5, 0.6) is 0 Å². The first-order chi connectivity index (χ1) is 15.1. The van der Waals surface area contributed by atoms with Gasteiger partial charge in [0, 0.05) is 32.7 Å². The molecule has 0 aliphatic carbocycles. The average Bonchev–Trinajstić information content (AvgIpc) is 2.80. The van der Waals surface area contributed by atoms with Gasteiger partial charge in [0.15, 0.2) is 0 Å². The lowest BCUT2D eigenvalue weighted by Gasteiger charge is -2.36. The van der Waals surface area contributed by atoms with Crippen molar-refractivity contribution in [1.82, 2.24) is 9.97 Å². The number of aromatic nitrogens is 2. The molecular weight excluding hydrogens is 399 g/mol. The monoisotopic (exact) mass is 422 g/mol. The summed E-state index contributed by atoms with van der Waals surface area (Å²) in [5.74, 6) is 0.228. The second-order valence-electron chi connectivity index (χ2n) is 7.24. The Bertz CT molecular complexity index is 1040. The third-order valence-electron chi connectivity index (χ3n) is 5.31. The van der Waals surface area contributed by atoms with Crippen LogP contribution in [0.15, 0.2) is 60.9 Å². The predicted octanol–water partition coefficient (Wildman–Crippen LogP) is 3.51. The fraction of sp³-hybridized carbons (Fsp3) is 0.273. The van der Waals surface area contributed by atoms with Crippen molar-refractivity contribution in [2.24, 2.45) is 0 Å². The van der Waals surface area contributed by atoms with Crippen molar-refractivity contribution in [3.05, 3.63) is 82.4 Å². The SMILES string of the molecule is O=[N+]([O-])c1c(NCCc2ccccc2)ncnc1N1CCN(c2ccccc2F)CC1. The van der Waals surface area contributed by atoms with Crippen LogP contribution in [-0.2, 0) is 6.42 Å². The van der Waals surface area contributed by atoms with Crippen molar-refractivity contribution >= 4 is 23.0 Å². The maximum atomic E-state index is 14.1. The molecule has 0 radical (unpaired) electrons. The van der Waals surface area contributed by atoms with E-state index in [1.165, 1.54) is 12.4 Å². The lowest BCUT2D eigenvalue weighted by Crippen LogP contribution is -2.47. The number of nitro groups is 1. The van der Waals surface area contributed by atoms with E-state index in [4.69, 9.17) is 0 Å². The van der Waals surface area contributed by atoms with Gasteiger partial charge in [-0.15, -0.1) is 0 Å². The van der Waals surface area contributed by atoms with Gasteiger partial charge in [0.1, 0.15) is 12.1 Å². The minimum Gasteiger partial charge on any atom is -0.366 e. The van der Waals surface area contributed by atoms with E-state index in [2.05, 4.69) is 15.3 Å². The number of nitrogens with one attached hydrogen (secondary N) is 1. The number of rotatable bonds is 7. The fourth-order valence-electron chi connectivity index (χ4n) is 3.74. The van der Waals surface area contributed by atoms with Crippen LogP contribution in [-0.4, -0.2) is 47.6 Å². The Hall–Kier alpha value is -3.75. The topological polar surface area (TPSA) is 87.4 Å². The number of nitrogens with zero attached hydrogens (tertiary/aromatic N) is 5. The molecule has 1 aromatic heterocycles. The highest BCUT2D eigenvalue weighted by Gasteiger charge is 2.29. The summed E-state index contributed by atoms with van der Waals surface area (Å²) in [5.41, 5.74) is 1.55. The molecule has 9 heteroatoms. The molecule has 0 saturated carbocycles. The number of benzene rings is 2. The largest absolute Gasteiger partial charge is 0.366 e. The number of para-hydroxylation sites is 1. The molecule has 0 atom stereocenters. The molecule has 1 fully saturated rings. The van der Waals surface area contributed by atoms with Gasteiger partial charge in [-0.1, -0.05) is 42.5 Å². The van der Waals surface area contributed by atoms with E-state index in [1.807, 2.05) is 40.1 Å². The summed E-state index contributed by atoms with van der Waals surface area (Å²) >= 11 is 0. The van der Waals surface area contributed by atoms with Crippen LogP contribution in [0.3, 0.4) is 0 Å². The highest BCUT2D eigenvalue weighted by atomic mass is 19.1. The summed E-state index contributed by atoms with van der Waals surface area (Å²) < 4.78 is 14.1. The van der Waals surface area contributed by atoms with E-state index in [0.29, 0.717) is 38.4 Å². The van der Waals surface area contributed by atoms with Crippen molar-refractivity contribution in [3.8, 4) is 0 Å². The summed E-state index contributed by atoms with van der Waals surface area (Å²) in [4.78, 5) is 23.5. The van der Waals surface area contributed by atoms with E-state index in [-0.39, 0.29) is 23.1 Å². The standard InChI is InChI=1S/C22H23FN6O2/c23-18-8-4-5-9-19(18)27-12-14-28(15-13-27)22-20(29(30)31)21(25-16-26-22)24-11-10-17-6-2-1-3-7-17/h1-9,16H,10-15H2,(H,24,25,26). The van der Waals surface area contributed by atoms with Crippen molar-refractivity contribution in [2.45, 2.75) is 6.42 Å². The van der Waals surface area contributed by atoms with E-state index in [0.717, 1.165) is 12.0 Å². The van der Waals surface area contributed by atoms with Crippen LogP contribution in [0.25, 0.3) is 0 Å². The number of hydrogen-bond acceptors (Lipinski definition) is 7. The highest BCUT2D eigenvalue weighted by molar-refractivity contribution is 5.70. The van der Waals surface area contributed by atoms with Gasteiger partial charge in [-0.2, -0.15) is 0 Å².